The minimum Gasteiger partial charge on any atom is -0.494 e. The number of para-hydroxylation sites is 1. The highest BCUT2D eigenvalue weighted by Crippen LogP contribution is 2.17. The molecule has 1 atom stereocenters. The number of nitrogens with one attached hydrogen (secondary N) is 2. The van der Waals surface area contributed by atoms with Gasteiger partial charge in [0.15, 0.2) is 5.96 Å². The number of rotatable bonds is 8. The molecule has 130 valence electrons. The van der Waals surface area contributed by atoms with Gasteiger partial charge in [0.1, 0.15) is 5.75 Å². The van der Waals surface area contributed by atoms with Crippen molar-refractivity contribution >= 4 is 17.3 Å². The van der Waals surface area contributed by atoms with Crippen LogP contribution in [0, 0.1) is 5.92 Å². The summed E-state index contributed by atoms with van der Waals surface area (Å²) in [5, 5.41) is 8.90. The van der Waals surface area contributed by atoms with E-state index in [1.807, 2.05) is 36.5 Å². The van der Waals surface area contributed by atoms with E-state index < -0.39 is 0 Å². The van der Waals surface area contributed by atoms with E-state index in [0.717, 1.165) is 30.2 Å². The van der Waals surface area contributed by atoms with Crippen molar-refractivity contribution in [2.24, 2.45) is 10.9 Å². The Bertz CT molecular complexity index is 625. The van der Waals surface area contributed by atoms with Crippen molar-refractivity contribution in [3.8, 4) is 5.75 Å². The topological polar surface area (TPSA) is 45.6 Å². The second-order valence-corrected chi connectivity index (χ2v) is 6.77. The first-order valence-corrected chi connectivity index (χ1v) is 9.28. The van der Waals surface area contributed by atoms with Gasteiger partial charge in [-0.1, -0.05) is 31.2 Å². The monoisotopic (exact) mass is 345 g/mol. The van der Waals surface area contributed by atoms with E-state index in [0.29, 0.717) is 19.1 Å². The largest absolute Gasteiger partial charge is 0.494 e. The predicted molar refractivity (Wildman–Crippen MR) is 103 cm³/mol. The fraction of sp³-hybridized carbons (Fsp3) is 0.421. The average Bonchev–Trinajstić information content (AvgIpc) is 3.09. The molecular weight excluding hydrogens is 318 g/mol. The lowest BCUT2D eigenvalue weighted by Gasteiger charge is -2.16. The Balaban J connectivity index is 1.80. The molecule has 0 bridgehead atoms. The number of aliphatic imine (C=N–C) groups is 1. The Kier molecular flexibility index (Phi) is 7.62. The van der Waals surface area contributed by atoms with Crippen molar-refractivity contribution in [1.82, 2.24) is 10.6 Å². The molecule has 0 fully saturated rings. The molecule has 1 heterocycles. The normalized spacial score (nSPS) is 12.7. The Labute approximate surface area is 149 Å². The van der Waals surface area contributed by atoms with Crippen LogP contribution in [-0.2, 0) is 13.0 Å². The molecule has 0 saturated heterocycles. The zero-order valence-electron chi connectivity index (χ0n) is 14.7. The van der Waals surface area contributed by atoms with E-state index in [2.05, 4.69) is 46.1 Å². The molecule has 0 aliphatic heterocycles. The van der Waals surface area contributed by atoms with Gasteiger partial charge in [-0.15, -0.1) is 11.3 Å². The van der Waals surface area contributed by atoms with E-state index in [4.69, 9.17) is 4.74 Å². The maximum absolute atomic E-state index is 5.66. The van der Waals surface area contributed by atoms with Gasteiger partial charge in [0.05, 0.1) is 6.61 Å². The molecule has 1 unspecified atom stereocenters. The van der Waals surface area contributed by atoms with Crippen molar-refractivity contribution in [2.45, 2.75) is 26.8 Å². The first-order valence-electron chi connectivity index (χ1n) is 8.40. The summed E-state index contributed by atoms with van der Waals surface area (Å²) in [5.74, 6) is 2.30. The van der Waals surface area contributed by atoms with Gasteiger partial charge in [-0.05, 0) is 36.8 Å². The van der Waals surface area contributed by atoms with Crippen LogP contribution in [0.25, 0.3) is 0 Å². The fourth-order valence-corrected chi connectivity index (χ4v) is 3.33. The van der Waals surface area contributed by atoms with Gasteiger partial charge >= 0.3 is 0 Å². The van der Waals surface area contributed by atoms with Gasteiger partial charge in [-0.2, -0.15) is 0 Å². The van der Waals surface area contributed by atoms with Gasteiger partial charge in [0.25, 0.3) is 0 Å². The first-order chi connectivity index (χ1) is 11.7. The number of hydrogen-bond donors (Lipinski definition) is 2. The lowest BCUT2D eigenvalue weighted by Crippen LogP contribution is -2.39. The van der Waals surface area contributed by atoms with Crippen molar-refractivity contribution in [2.75, 3.05) is 20.2 Å². The fourth-order valence-electron chi connectivity index (χ4n) is 2.46. The van der Waals surface area contributed by atoms with Crippen molar-refractivity contribution in [1.29, 1.82) is 0 Å². The Morgan fingerprint density at radius 1 is 1.21 bits per heavy atom. The number of hydrogen-bond acceptors (Lipinski definition) is 3. The van der Waals surface area contributed by atoms with E-state index in [-0.39, 0.29) is 0 Å². The smallest absolute Gasteiger partial charge is 0.191 e. The van der Waals surface area contributed by atoms with Crippen LogP contribution in [0.2, 0.25) is 0 Å². The van der Waals surface area contributed by atoms with Crippen LogP contribution in [0.3, 0.4) is 0 Å². The molecule has 0 radical (unpaired) electrons. The molecule has 5 heteroatoms. The van der Waals surface area contributed by atoms with Crippen LogP contribution in [0.15, 0.2) is 46.8 Å². The Morgan fingerprint density at radius 3 is 2.75 bits per heavy atom. The van der Waals surface area contributed by atoms with Gasteiger partial charge in [-0.3, -0.25) is 4.99 Å². The highest BCUT2D eigenvalue weighted by molar-refractivity contribution is 7.09. The molecule has 0 saturated carbocycles. The van der Waals surface area contributed by atoms with Crippen LogP contribution in [0.5, 0.6) is 5.75 Å². The molecule has 4 nitrogen and oxygen atoms in total. The summed E-state index contributed by atoms with van der Waals surface area (Å²) >= 11 is 1.82. The number of thiophene rings is 1. The van der Waals surface area contributed by atoms with Crippen LogP contribution in [-0.4, -0.2) is 26.2 Å². The maximum Gasteiger partial charge on any atom is 0.191 e. The zero-order chi connectivity index (χ0) is 17.2. The molecule has 1 aromatic heterocycles. The third kappa shape index (κ3) is 5.89. The molecule has 0 aliphatic carbocycles. The lowest BCUT2D eigenvalue weighted by atomic mass is 10.1. The predicted octanol–water partition coefficient (Wildman–Crippen LogP) is 3.69. The molecule has 0 aliphatic rings. The molecule has 2 N–H and O–H groups in total. The third-order valence-corrected chi connectivity index (χ3v) is 4.59. The summed E-state index contributed by atoms with van der Waals surface area (Å²) in [5.41, 5.74) is 1.13. The van der Waals surface area contributed by atoms with E-state index in [9.17, 15) is 0 Å². The van der Waals surface area contributed by atoms with Gasteiger partial charge < -0.3 is 15.4 Å². The standard InChI is InChI=1S/C19H27N3OS/c1-4-23-18-10-6-5-8-16(18)14-22-19(20-3)21-13-15(2)12-17-9-7-11-24-17/h5-11,15H,4,12-14H2,1-3H3,(H2,20,21,22). The maximum atomic E-state index is 5.66. The third-order valence-electron chi connectivity index (χ3n) is 3.69. The molecule has 2 rings (SSSR count). The van der Waals surface area contributed by atoms with E-state index in [1.54, 1.807) is 7.05 Å². The van der Waals surface area contributed by atoms with Crippen molar-refractivity contribution in [3.63, 3.8) is 0 Å². The second-order valence-electron chi connectivity index (χ2n) is 5.74. The highest BCUT2D eigenvalue weighted by Gasteiger charge is 2.07. The second kappa shape index (κ2) is 9.98. The molecular formula is C19H27N3OS. The number of guanidine groups is 1. The summed E-state index contributed by atoms with van der Waals surface area (Å²) in [6.45, 7) is 6.51. The van der Waals surface area contributed by atoms with Crippen LogP contribution in [0.4, 0.5) is 0 Å². The average molecular weight is 346 g/mol. The number of nitrogens with zero attached hydrogens (tertiary/aromatic N) is 1. The minimum absolute atomic E-state index is 0.554. The van der Waals surface area contributed by atoms with Crippen LogP contribution >= 0.6 is 11.3 Å². The Morgan fingerprint density at radius 2 is 2.04 bits per heavy atom. The first kappa shape index (κ1) is 18.3. The SMILES string of the molecule is CCOc1ccccc1CNC(=NC)NCC(C)Cc1cccs1. The zero-order valence-corrected chi connectivity index (χ0v) is 15.5. The quantitative estimate of drug-likeness (QED) is 0.566. The summed E-state index contributed by atoms with van der Waals surface area (Å²) in [4.78, 5) is 5.73. The highest BCUT2D eigenvalue weighted by atomic mass is 32.1. The molecule has 1 aromatic carbocycles. The number of benzene rings is 1. The molecule has 0 amide bonds. The molecule has 0 spiro atoms. The summed E-state index contributed by atoms with van der Waals surface area (Å²) in [7, 11) is 1.80. The van der Waals surface area contributed by atoms with E-state index in [1.165, 1.54) is 4.88 Å². The number of ether oxygens (including phenoxy) is 1. The van der Waals surface area contributed by atoms with Crippen molar-refractivity contribution < 1.29 is 4.74 Å². The minimum atomic E-state index is 0.554. The summed E-state index contributed by atoms with van der Waals surface area (Å²) in [6.07, 6.45) is 1.09. The van der Waals surface area contributed by atoms with Crippen molar-refractivity contribution in [3.05, 3.63) is 52.2 Å². The van der Waals surface area contributed by atoms with Gasteiger partial charge in [0.2, 0.25) is 0 Å². The van der Waals surface area contributed by atoms with Gasteiger partial charge in [-0.25, -0.2) is 0 Å². The Hall–Kier alpha value is -2.01. The molecule has 24 heavy (non-hydrogen) atoms. The lowest BCUT2D eigenvalue weighted by molar-refractivity contribution is 0.336. The van der Waals surface area contributed by atoms with Gasteiger partial charge in [0, 0.05) is 30.6 Å². The van der Waals surface area contributed by atoms with Crippen LogP contribution in [0.1, 0.15) is 24.3 Å². The van der Waals surface area contributed by atoms with Crippen LogP contribution < -0.4 is 15.4 Å². The molecule has 2 aromatic rings. The summed E-state index contributed by atoms with van der Waals surface area (Å²) in [6, 6.07) is 12.4. The summed E-state index contributed by atoms with van der Waals surface area (Å²) < 4.78 is 5.66. The van der Waals surface area contributed by atoms with E-state index >= 15 is 0 Å².